The first-order chi connectivity index (χ1) is 13.9. The molecule has 0 amide bonds. The molecule has 0 heterocycles. The van der Waals surface area contributed by atoms with Crippen LogP contribution >= 0.6 is 11.6 Å². The van der Waals surface area contributed by atoms with Crippen molar-refractivity contribution in [2.75, 3.05) is 6.61 Å². The highest BCUT2D eigenvalue weighted by Crippen LogP contribution is 2.68. The Morgan fingerprint density at radius 3 is 2.67 bits per heavy atom. The molecule has 4 aliphatic rings. The van der Waals surface area contributed by atoms with Gasteiger partial charge >= 0.3 is 5.97 Å². The third kappa shape index (κ3) is 2.94. The van der Waals surface area contributed by atoms with Crippen LogP contribution in [0, 0.1) is 28.6 Å². The van der Waals surface area contributed by atoms with Crippen LogP contribution in [0.4, 0.5) is 0 Å². The molecule has 4 unspecified atom stereocenters. The van der Waals surface area contributed by atoms with Crippen molar-refractivity contribution in [2.24, 2.45) is 28.6 Å². The number of hydrogen-bond acceptors (Lipinski definition) is 6. The van der Waals surface area contributed by atoms with Gasteiger partial charge in [0.05, 0.1) is 11.5 Å². The summed E-state index contributed by atoms with van der Waals surface area (Å²) in [4.78, 5) is 36.1. The van der Waals surface area contributed by atoms with E-state index in [1.165, 1.54) is 6.92 Å². The molecular weight excluding hydrogens is 408 g/mol. The number of alkyl halides is 1. The number of rotatable bonds is 3. The van der Waals surface area contributed by atoms with E-state index in [9.17, 15) is 24.6 Å². The summed E-state index contributed by atoms with van der Waals surface area (Å²) in [7, 11) is 0. The first-order valence-electron chi connectivity index (χ1n) is 10.9. The average Bonchev–Trinajstić information content (AvgIpc) is 2.93. The van der Waals surface area contributed by atoms with Crippen LogP contribution in [0.1, 0.15) is 59.3 Å². The Morgan fingerprint density at radius 1 is 1.30 bits per heavy atom. The fourth-order valence-electron chi connectivity index (χ4n) is 7.44. The standard InChI is InChI=1S/C23H31ClO6/c1-12(25)30-11-19(28)23(29)7-5-15-14-9-17(24)16-8-13(26)4-6-21(16,2)20(14)18(27)10-22(15,23)3/h8,14-15,17-18,20,27,29H,4-7,9-11H2,1-3H3/t14?,15?,17?,18-,20?,21-,22-,23-/m0/s1. The molecule has 8 atom stereocenters. The summed E-state index contributed by atoms with van der Waals surface area (Å²) in [6, 6.07) is 0. The largest absolute Gasteiger partial charge is 0.458 e. The summed E-state index contributed by atoms with van der Waals surface area (Å²) in [5.41, 5.74) is -1.88. The van der Waals surface area contributed by atoms with Crippen LogP contribution < -0.4 is 0 Å². The Hall–Kier alpha value is -1.24. The normalized spacial score (nSPS) is 47.6. The first kappa shape index (κ1) is 22.0. The first-order valence-corrected chi connectivity index (χ1v) is 11.3. The van der Waals surface area contributed by atoms with E-state index >= 15 is 0 Å². The summed E-state index contributed by atoms with van der Waals surface area (Å²) >= 11 is 6.78. The summed E-state index contributed by atoms with van der Waals surface area (Å²) in [6.07, 6.45) is 3.94. The topological polar surface area (TPSA) is 101 Å². The number of ketones is 2. The Kier molecular flexibility index (Phi) is 5.23. The van der Waals surface area contributed by atoms with Gasteiger partial charge in [-0.15, -0.1) is 11.6 Å². The minimum atomic E-state index is -1.64. The highest BCUT2D eigenvalue weighted by Gasteiger charge is 2.69. The van der Waals surface area contributed by atoms with E-state index in [1.54, 1.807) is 6.08 Å². The van der Waals surface area contributed by atoms with Crippen LogP contribution in [0.15, 0.2) is 11.6 Å². The van der Waals surface area contributed by atoms with E-state index in [0.717, 1.165) is 5.57 Å². The highest BCUT2D eigenvalue weighted by atomic mass is 35.5. The molecule has 3 fully saturated rings. The molecule has 0 aliphatic heterocycles. The van der Waals surface area contributed by atoms with Gasteiger partial charge in [-0.1, -0.05) is 13.8 Å². The van der Waals surface area contributed by atoms with Gasteiger partial charge in [0.2, 0.25) is 5.78 Å². The molecule has 0 spiro atoms. The summed E-state index contributed by atoms with van der Waals surface area (Å²) in [5, 5.41) is 22.5. The lowest BCUT2D eigenvalue weighted by atomic mass is 9.45. The maximum Gasteiger partial charge on any atom is 0.303 e. The molecule has 4 aliphatic carbocycles. The molecule has 0 radical (unpaired) electrons. The maximum absolute atomic E-state index is 12.9. The van der Waals surface area contributed by atoms with E-state index in [4.69, 9.17) is 16.3 Å². The van der Waals surface area contributed by atoms with E-state index in [2.05, 4.69) is 6.92 Å². The number of esters is 1. The molecule has 0 bridgehead atoms. The van der Waals surface area contributed by atoms with Crippen LogP contribution in [0.25, 0.3) is 0 Å². The lowest BCUT2D eigenvalue weighted by Gasteiger charge is -2.61. The SMILES string of the molecule is CC(=O)OCC(=O)[C@@]1(O)CCC2C3CC(Cl)C4=CC(=O)CC[C@]4(C)C3[C@@H](O)C[C@@]21C. The third-order valence-corrected chi connectivity index (χ3v) is 9.31. The number of carbonyl (C=O) groups is 3. The van der Waals surface area contributed by atoms with Gasteiger partial charge in [-0.25, -0.2) is 0 Å². The second-order valence-electron chi connectivity index (χ2n) is 10.3. The number of carbonyl (C=O) groups excluding carboxylic acids is 3. The van der Waals surface area contributed by atoms with Gasteiger partial charge in [0.1, 0.15) is 5.60 Å². The fourth-order valence-corrected chi connectivity index (χ4v) is 7.96. The van der Waals surface area contributed by atoms with Gasteiger partial charge in [-0.05, 0) is 66.9 Å². The molecule has 0 aromatic rings. The molecular formula is C23H31ClO6. The second-order valence-corrected chi connectivity index (χ2v) is 10.8. The van der Waals surface area contributed by atoms with Crippen LogP contribution in [0.5, 0.6) is 0 Å². The van der Waals surface area contributed by atoms with Crippen molar-refractivity contribution >= 4 is 29.1 Å². The number of ether oxygens (including phenoxy) is 1. The monoisotopic (exact) mass is 438 g/mol. The van der Waals surface area contributed by atoms with Crippen molar-refractivity contribution in [3.8, 4) is 0 Å². The van der Waals surface area contributed by atoms with Gasteiger partial charge in [0.15, 0.2) is 12.4 Å². The third-order valence-electron chi connectivity index (χ3n) is 8.89. The average molecular weight is 439 g/mol. The number of halogens is 1. The van der Waals surface area contributed by atoms with Crippen molar-refractivity contribution in [2.45, 2.75) is 76.4 Å². The van der Waals surface area contributed by atoms with Gasteiger partial charge in [-0.3, -0.25) is 14.4 Å². The molecule has 2 N–H and O–H groups in total. The summed E-state index contributed by atoms with van der Waals surface area (Å²) in [6.45, 7) is 4.77. The Bertz CT molecular complexity index is 823. The lowest BCUT2D eigenvalue weighted by Crippen LogP contribution is -2.63. The van der Waals surface area contributed by atoms with Crippen molar-refractivity contribution in [3.63, 3.8) is 0 Å². The van der Waals surface area contributed by atoms with Crippen LogP contribution in [0.3, 0.4) is 0 Å². The summed E-state index contributed by atoms with van der Waals surface area (Å²) < 4.78 is 4.88. The number of aliphatic hydroxyl groups is 2. The quantitative estimate of drug-likeness (QED) is 0.518. The second kappa shape index (κ2) is 7.14. The van der Waals surface area contributed by atoms with E-state index < -0.39 is 35.5 Å². The van der Waals surface area contributed by atoms with Crippen LogP contribution in [-0.4, -0.2) is 51.4 Å². The molecule has 6 nitrogen and oxygen atoms in total. The molecule has 0 aromatic carbocycles. The highest BCUT2D eigenvalue weighted by molar-refractivity contribution is 6.23. The Balaban J connectivity index is 1.69. The fraction of sp³-hybridized carbons (Fsp3) is 0.783. The van der Waals surface area contributed by atoms with Crippen molar-refractivity contribution in [1.82, 2.24) is 0 Å². The van der Waals surface area contributed by atoms with Gasteiger partial charge in [-0.2, -0.15) is 0 Å². The Labute approximate surface area is 182 Å². The van der Waals surface area contributed by atoms with Crippen LogP contribution in [-0.2, 0) is 19.1 Å². The number of fused-ring (bicyclic) bond motifs is 5. The Morgan fingerprint density at radius 2 is 2.00 bits per heavy atom. The molecule has 7 heteroatoms. The number of Topliss-reactive ketones (excluding diaryl/α,β-unsaturated/α-hetero) is 1. The molecule has 166 valence electrons. The van der Waals surface area contributed by atoms with E-state index in [-0.39, 0.29) is 40.7 Å². The molecule has 0 saturated heterocycles. The predicted molar refractivity (Wildman–Crippen MR) is 110 cm³/mol. The minimum Gasteiger partial charge on any atom is -0.458 e. The molecule has 3 saturated carbocycles. The predicted octanol–water partition coefficient (Wildman–Crippen LogP) is 2.57. The minimum absolute atomic E-state index is 0.0226. The zero-order valence-electron chi connectivity index (χ0n) is 17.8. The van der Waals surface area contributed by atoms with Gasteiger partial charge in [0, 0.05) is 18.8 Å². The van der Waals surface area contributed by atoms with Crippen molar-refractivity contribution < 1.29 is 29.3 Å². The van der Waals surface area contributed by atoms with Crippen molar-refractivity contribution in [3.05, 3.63) is 11.6 Å². The van der Waals surface area contributed by atoms with Crippen molar-refractivity contribution in [1.29, 1.82) is 0 Å². The summed E-state index contributed by atoms with van der Waals surface area (Å²) in [5.74, 6) is -0.959. The zero-order valence-corrected chi connectivity index (χ0v) is 18.6. The maximum atomic E-state index is 12.9. The zero-order chi connectivity index (χ0) is 22.1. The van der Waals surface area contributed by atoms with Gasteiger partial charge in [0.25, 0.3) is 0 Å². The molecule has 4 rings (SSSR count). The number of aliphatic hydroxyl groups excluding tert-OH is 1. The van der Waals surface area contributed by atoms with Gasteiger partial charge < -0.3 is 14.9 Å². The lowest BCUT2D eigenvalue weighted by molar-refractivity contribution is -0.184. The molecule has 30 heavy (non-hydrogen) atoms. The van der Waals surface area contributed by atoms with E-state index in [0.29, 0.717) is 32.1 Å². The smallest absolute Gasteiger partial charge is 0.303 e. The van der Waals surface area contributed by atoms with E-state index in [1.807, 2.05) is 6.92 Å². The molecule has 0 aromatic heterocycles. The van der Waals surface area contributed by atoms with Crippen LogP contribution in [0.2, 0.25) is 0 Å². The number of allylic oxidation sites excluding steroid dienone is 1. The number of hydrogen-bond donors (Lipinski definition) is 2.